The van der Waals surface area contributed by atoms with Gasteiger partial charge in [0.05, 0.1) is 18.6 Å². The van der Waals surface area contributed by atoms with Gasteiger partial charge in [0.1, 0.15) is 84.3 Å². The van der Waals surface area contributed by atoms with E-state index in [0.717, 1.165) is 0 Å². The van der Waals surface area contributed by atoms with Crippen LogP contribution in [0.3, 0.4) is 0 Å². The summed E-state index contributed by atoms with van der Waals surface area (Å²) >= 11 is 8.24. The van der Waals surface area contributed by atoms with E-state index in [0.29, 0.717) is 62.6 Å². The highest BCUT2D eigenvalue weighted by Crippen LogP contribution is 2.24. The number of aliphatic carboxylic acids is 1. The van der Waals surface area contributed by atoms with Crippen LogP contribution in [0, 0.1) is 23.7 Å². The first-order valence-corrected chi connectivity index (χ1v) is 41.6. The van der Waals surface area contributed by atoms with E-state index < -0.39 is 192 Å². The number of amides is 14. The number of hydrogen-bond donors (Lipinski definition) is 22. The molecule has 0 unspecified atom stereocenters. The van der Waals surface area contributed by atoms with E-state index in [1.165, 1.54) is 36.1 Å². The predicted octanol–water partition coefficient (Wildman–Crippen LogP) is -1.91. The normalized spacial score (nSPS) is 16.5. The zero-order chi connectivity index (χ0) is 87.8. The SMILES string of the molecule is CC[C@H](C)[C@H](NC(=O)[C@H](CC(C)C)NC(=O)[C@H](CCCCN)NC(=O)[C@H](CC(N)=O)NC(=O)[C@H](CS)NC(=O)[C@H](CCCCN)NC(=O)[C@@H](N)CC(C)C)C(=O)N1CCC[C@H]1C(=O)N[C@@H](CC(C)C)C(=O)N[C@@H](Cc1ccccc1)C(=O)N[C@@H](Cc1ccc(O)cc1)C(=O)N[C@@H](CCCCN)C(=O)N[C@H](C(=O)N[C@@H](CS)C(=O)O)[C@@H](C)O. The second kappa shape index (κ2) is 53.3. The number of primary amides is 1. The molecule has 0 saturated carbocycles. The van der Waals surface area contributed by atoms with Crippen LogP contribution in [0.2, 0.25) is 0 Å². The Morgan fingerprint density at radius 3 is 1.27 bits per heavy atom. The molecule has 1 heterocycles. The van der Waals surface area contributed by atoms with Crippen LogP contribution in [0.4, 0.5) is 0 Å². The van der Waals surface area contributed by atoms with E-state index in [1.807, 2.05) is 13.8 Å². The smallest absolute Gasteiger partial charge is 0.327 e. The second-order valence-electron chi connectivity index (χ2n) is 31.2. The molecule has 25 N–H and O–H groups in total. The molecule has 0 aliphatic carbocycles. The van der Waals surface area contributed by atoms with Gasteiger partial charge in [-0.2, -0.15) is 25.3 Å². The highest BCUT2D eigenvalue weighted by Gasteiger charge is 2.43. The van der Waals surface area contributed by atoms with Crippen LogP contribution in [0.1, 0.15) is 176 Å². The van der Waals surface area contributed by atoms with Crippen LogP contribution in [-0.2, 0) is 84.8 Å². The summed E-state index contributed by atoms with van der Waals surface area (Å²) in [4.78, 5) is 212. The van der Waals surface area contributed by atoms with Gasteiger partial charge in [-0.25, -0.2) is 4.79 Å². The van der Waals surface area contributed by atoms with Crippen molar-refractivity contribution >= 4 is 114 Å². The first-order valence-electron chi connectivity index (χ1n) is 40.4. The number of thiol groups is 2. The molecule has 1 saturated heterocycles. The molecule has 14 amide bonds. The van der Waals surface area contributed by atoms with Crippen molar-refractivity contribution < 1.29 is 87.2 Å². The zero-order valence-corrected chi connectivity index (χ0v) is 70.6. The van der Waals surface area contributed by atoms with Crippen LogP contribution >= 0.6 is 25.3 Å². The Kier molecular flexibility index (Phi) is 46.4. The number of aliphatic hydroxyl groups excluding tert-OH is 1. The molecule has 656 valence electrons. The summed E-state index contributed by atoms with van der Waals surface area (Å²) in [5, 5.41) is 61.9. The number of nitrogens with one attached hydrogen (secondary N) is 12. The molecule has 0 bridgehead atoms. The molecular weight excluding hydrogens is 1550 g/mol. The van der Waals surface area contributed by atoms with Crippen LogP contribution in [0.5, 0.6) is 5.75 Å². The number of likely N-dealkylation sites (tertiary alicyclic amines) is 1. The lowest BCUT2D eigenvalue weighted by molar-refractivity contribution is -0.143. The monoisotopic (exact) mass is 1680 g/mol. The maximum Gasteiger partial charge on any atom is 0.327 e. The summed E-state index contributed by atoms with van der Waals surface area (Å²) in [6, 6.07) is -5.29. The molecule has 38 heteroatoms. The van der Waals surface area contributed by atoms with Crippen LogP contribution in [-0.4, -0.2) is 237 Å². The lowest BCUT2D eigenvalue weighted by Crippen LogP contribution is -2.62. The Hall–Kier alpha value is -9.21. The Morgan fingerprint density at radius 2 is 0.829 bits per heavy atom. The van der Waals surface area contributed by atoms with E-state index in [-0.39, 0.29) is 119 Å². The molecule has 3 rings (SSSR count). The van der Waals surface area contributed by atoms with Crippen molar-refractivity contribution in [2.24, 2.45) is 52.3 Å². The fraction of sp³-hybridized carbons (Fsp3) is 0.658. The third-order valence-electron chi connectivity index (χ3n) is 19.7. The number of carboxylic acids is 1. The van der Waals surface area contributed by atoms with Crippen molar-refractivity contribution in [1.82, 2.24) is 68.7 Å². The molecule has 0 radical (unpaired) electrons. The van der Waals surface area contributed by atoms with Crippen molar-refractivity contribution in [3.63, 3.8) is 0 Å². The van der Waals surface area contributed by atoms with E-state index in [9.17, 15) is 77.6 Å². The van der Waals surface area contributed by atoms with E-state index >= 15 is 9.59 Å². The van der Waals surface area contributed by atoms with Crippen molar-refractivity contribution in [2.75, 3.05) is 37.7 Å². The highest BCUT2D eigenvalue weighted by molar-refractivity contribution is 7.80. The van der Waals surface area contributed by atoms with Crippen molar-refractivity contribution in [3.05, 3.63) is 65.7 Å². The standard InChI is InChI=1S/C79H130N18O18S2/c1-10-46(8)64(95-74(109)56(37-45(6)7)88-67(102)53(24-15-18-32-81)86-73(108)59(40-63(84)100)91-75(110)60(41-116)93-68(103)52(23-14-17-31-80)85-66(101)51(83)35-43(2)3)78(113)97-34-20-26-62(97)76(111)92-55(36-44(4)5)70(105)89-57(38-48-21-12-11-13-22-48)72(107)90-58(39-49-27-29-50(99)30-28-49)71(106)87-54(25-16-19-33-82)69(104)96-65(47(9)98)77(112)94-61(42-117)79(114)115/h11-13,21-22,27-30,43-47,51-62,64-65,98-99,116-117H,10,14-20,23-26,31-42,80-83H2,1-9H3,(H2,84,100)(H,85,101)(H,86,108)(H,87,106)(H,88,102)(H,89,105)(H,90,107)(H,91,110)(H,92,111)(H,93,103)(H,94,112)(H,95,109)(H,96,104)(H,114,115)/t46-,47+,51-,52-,53-,54-,55-,56-,57-,58-,59-,60-,61-,62-,64-,65-/m0/s1. The van der Waals surface area contributed by atoms with E-state index in [4.69, 9.17) is 28.7 Å². The Bertz CT molecular complexity index is 3570. The summed E-state index contributed by atoms with van der Waals surface area (Å²) < 4.78 is 0. The second-order valence-corrected chi connectivity index (χ2v) is 31.9. The number of nitrogens with two attached hydrogens (primary N) is 5. The molecule has 2 aromatic rings. The summed E-state index contributed by atoms with van der Waals surface area (Å²) in [6.45, 7) is 16.3. The van der Waals surface area contributed by atoms with Gasteiger partial charge in [0.25, 0.3) is 0 Å². The lowest BCUT2D eigenvalue weighted by atomic mass is 9.95. The minimum Gasteiger partial charge on any atom is -0.508 e. The lowest BCUT2D eigenvalue weighted by Gasteiger charge is -2.33. The number of unbranched alkanes of at least 4 members (excludes halogenated alkanes) is 3. The molecule has 0 spiro atoms. The number of rotatable bonds is 55. The minimum atomic E-state index is -1.72. The molecule has 1 aliphatic rings. The number of nitrogens with zero attached hydrogens (tertiary/aromatic N) is 1. The van der Waals surface area contributed by atoms with Gasteiger partial charge in [0, 0.05) is 30.9 Å². The average molecular weight is 1680 g/mol. The number of benzene rings is 2. The van der Waals surface area contributed by atoms with E-state index in [2.05, 4.69) is 89.1 Å². The maximum atomic E-state index is 15.1. The van der Waals surface area contributed by atoms with Crippen molar-refractivity contribution in [1.29, 1.82) is 0 Å². The third-order valence-corrected chi connectivity index (χ3v) is 20.5. The summed E-state index contributed by atoms with van der Waals surface area (Å²) in [7, 11) is 0. The van der Waals surface area contributed by atoms with Crippen molar-refractivity contribution in [2.45, 2.75) is 269 Å². The van der Waals surface area contributed by atoms with E-state index in [1.54, 1.807) is 71.9 Å². The summed E-state index contributed by atoms with van der Waals surface area (Å²) in [6.07, 6.45) is 0.584. The van der Waals surface area contributed by atoms with Gasteiger partial charge in [-0.05, 0) is 163 Å². The molecule has 16 atom stereocenters. The Labute approximate surface area is 696 Å². The first kappa shape index (κ1) is 102. The van der Waals surface area contributed by atoms with Gasteiger partial charge < -0.3 is 113 Å². The van der Waals surface area contributed by atoms with Crippen LogP contribution < -0.4 is 92.5 Å². The topological polar surface area (TPSA) is 594 Å². The fourth-order valence-electron chi connectivity index (χ4n) is 13.0. The van der Waals surface area contributed by atoms with Gasteiger partial charge >= 0.3 is 5.97 Å². The number of carbonyl (C=O) groups excluding carboxylic acids is 14. The van der Waals surface area contributed by atoms with Gasteiger partial charge in [-0.3, -0.25) is 67.1 Å². The molecule has 1 aliphatic heterocycles. The molecule has 1 fully saturated rings. The molecule has 0 aromatic heterocycles. The van der Waals surface area contributed by atoms with Crippen molar-refractivity contribution in [3.8, 4) is 5.75 Å². The van der Waals surface area contributed by atoms with Gasteiger partial charge in [0.15, 0.2) is 0 Å². The Morgan fingerprint density at radius 1 is 0.453 bits per heavy atom. The average Bonchev–Trinajstić information content (AvgIpc) is 1.65. The molecular formula is C79H130N18O18S2. The van der Waals surface area contributed by atoms with Crippen LogP contribution in [0.15, 0.2) is 54.6 Å². The summed E-state index contributed by atoms with van der Waals surface area (Å²) in [5.74, 6) is -15.4. The Balaban J connectivity index is 1.98. The third kappa shape index (κ3) is 36.3. The largest absolute Gasteiger partial charge is 0.508 e. The molecule has 117 heavy (non-hydrogen) atoms. The first-order chi connectivity index (χ1) is 55.3. The number of hydrogen-bond acceptors (Lipinski definition) is 23. The number of carbonyl (C=O) groups is 15. The summed E-state index contributed by atoms with van der Waals surface area (Å²) in [5.41, 5.74) is 30.0. The number of phenols is 1. The number of carboxylic acid groups (broad SMARTS) is 1. The number of phenolic OH excluding ortho intramolecular Hbond substituents is 1. The van der Waals surface area contributed by atoms with Gasteiger partial charge in [-0.1, -0.05) is 104 Å². The van der Waals surface area contributed by atoms with Gasteiger partial charge in [0.2, 0.25) is 82.7 Å². The molecule has 36 nitrogen and oxygen atoms in total. The predicted molar refractivity (Wildman–Crippen MR) is 445 cm³/mol. The highest BCUT2D eigenvalue weighted by atomic mass is 32.1. The maximum absolute atomic E-state index is 15.1. The number of aromatic hydroxyl groups is 1. The van der Waals surface area contributed by atoms with Gasteiger partial charge in [-0.15, -0.1) is 0 Å². The van der Waals surface area contributed by atoms with Crippen LogP contribution in [0.25, 0.3) is 0 Å². The minimum absolute atomic E-state index is 0.00474. The molecule has 2 aromatic carbocycles. The number of aliphatic hydroxyl groups is 1. The fourth-order valence-corrected chi connectivity index (χ4v) is 13.5. The zero-order valence-electron chi connectivity index (χ0n) is 68.8. The quantitative estimate of drug-likeness (QED) is 0.0254.